The van der Waals surface area contributed by atoms with Crippen molar-refractivity contribution in [2.24, 2.45) is 11.8 Å². The number of piperidine rings is 1. The SMILES string of the molecule is CCCCN(CCCCCCc1ccccc1)[C@@H]1CC[C@H]2[C@H]3Cc4ccc(OC(C)=O)c5c4[C@@]2(CCN3CC2CC2O)[C@H]1O5. The molecule has 2 bridgehead atoms. The molecule has 7 rings (SSSR count). The summed E-state index contributed by atoms with van der Waals surface area (Å²) in [6.45, 7) is 8.13. The number of aliphatic hydroxyl groups excluding tert-OH is 1. The number of likely N-dealkylation sites (tertiary alicyclic amines) is 1. The van der Waals surface area contributed by atoms with Gasteiger partial charge in [-0.3, -0.25) is 14.6 Å². The molecular formula is C38H52N2O4. The van der Waals surface area contributed by atoms with E-state index < -0.39 is 0 Å². The monoisotopic (exact) mass is 600 g/mol. The second kappa shape index (κ2) is 12.8. The lowest BCUT2D eigenvalue weighted by molar-refractivity contribution is -0.132. The summed E-state index contributed by atoms with van der Waals surface area (Å²) in [5.74, 6) is 2.17. The van der Waals surface area contributed by atoms with Gasteiger partial charge in [-0.05, 0) is 101 Å². The predicted molar refractivity (Wildman–Crippen MR) is 173 cm³/mol. The van der Waals surface area contributed by atoms with Gasteiger partial charge in [0, 0.05) is 42.4 Å². The molecule has 0 aromatic heterocycles. The summed E-state index contributed by atoms with van der Waals surface area (Å²) in [6, 6.07) is 16.0. The third-order valence-electron chi connectivity index (χ3n) is 11.8. The molecule has 2 aliphatic heterocycles. The van der Waals surface area contributed by atoms with Gasteiger partial charge in [0.15, 0.2) is 11.5 Å². The van der Waals surface area contributed by atoms with E-state index >= 15 is 0 Å². The average molecular weight is 601 g/mol. The van der Waals surface area contributed by atoms with E-state index in [9.17, 15) is 9.90 Å². The van der Waals surface area contributed by atoms with Crippen LogP contribution in [0.2, 0.25) is 0 Å². The first kappa shape index (κ1) is 30.3. The van der Waals surface area contributed by atoms with Gasteiger partial charge < -0.3 is 14.6 Å². The number of ether oxygens (including phenoxy) is 2. The normalized spacial score (nSPS) is 31.5. The molecule has 2 aromatic rings. The summed E-state index contributed by atoms with van der Waals surface area (Å²) in [4.78, 5) is 17.7. The minimum atomic E-state index is -0.284. The van der Waals surface area contributed by atoms with Crippen LogP contribution in [0.3, 0.4) is 0 Å². The van der Waals surface area contributed by atoms with E-state index in [4.69, 9.17) is 9.47 Å². The van der Waals surface area contributed by atoms with Crippen LogP contribution >= 0.6 is 0 Å². The Balaban J connectivity index is 1.12. The molecule has 2 unspecified atom stereocenters. The van der Waals surface area contributed by atoms with Gasteiger partial charge >= 0.3 is 5.97 Å². The van der Waals surface area contributed by atoms with E-state index in [0.29, 0.717) is 29.7 Å². The molecule has 3 aliphatic carbocycles. The Kier molecular flexibility index (Phi) is 8.78. The highest BCUT2D eigenvalue weighted by molar-refractivity contribution is 5.72. The molecule has 238 valence electrons. The minimum absolute atomic E-state index is 0.0223. The highest BCUT2D eigenvalue weighted by atomic mass is 16.6. The number of unbranched alkanes of at least 4 members (excludes halogenated alkanes) is 4. The highest BCUT2D eigenvalue weighted by Crippen LogP contribution is 2.64. The Hall–Kier alpha value is -2.41. The molecule has 7 atom stereocenters. The fourth-order valence-corrected chi connectivity index (χ4v) is 9.60. The molecule has 1 saturated heterocycles. The number of carbonyl (C=O) groups excluding carboxylic acids is 1. The Morgan fingerprint density at radius 1 is 1.07 bits per heavy atom. The van der Waals surface area contributed by atoms with Crippen LogP contribution in [0, 0.1) is 11.8 Å². The highest BCUT2D eigenvalue weighted by Gasteiger charge is 2.66. The zero-order valence-corrected chi connectivity index (χ0v) is 26.9. The molecule has 1 spiro atoms. The molecule has 2 saturated carbocycles. The molecule has 6 heteroatoms. The number of esters is 1. The van der Waals surface area contributed by atoms with Crippen molar-refractivity contribution < 1.29 is 19.4 Å². The number of benzene rings is 2. The number of nitrogens with zero attached hydrogens (tertiary/aromatic N) is 2. The first-order chi connectivity index (χ1) is 21.5. The average Bonchev–Trinajstić information content (AvgIpc) is 3.60. The lowest BCUT2D eigenvalue weighted by Gasteiger charge is -2.60. The lowest BCUT2D eigenvalue weighted by Crippen LogP contribution is -2.69. The van der Waals surface area contributed by atoms with Crippen molar-refractivity contribution in [2.75, 3.05) is 26.2 Å². The Labute approximate surface area is 264 Å². The van der Waals surface area contributed by atoms with Gasteiger partial charge in [0.25, 0.3) is 0 Å². The van der Waals surface area contributed by atoms with E-state index in [1.165, 1.54) is 75.0 Å². The summed E-state index contributed by atoms with van der Waals surface area (Å²) < 4.78 is 12.9. The number of hydrogen-bond donors (Lipinski definition) is 1. The van der Waals surface area contributed by atoms with Crippen LogP contribution in [0.25, 0.3) is 0 Å². The summed E-state index contributed by atoms with van der Waals surface area (Å²) in [5, 5.41) is 10.2. The lowest BCUT2D eigenvalue weighted by atomic mass is 9.51. The van der Waals surface area contributed by atoms with Gasteiger partial charge in [-0.1, -0.05) is 62.6 Å². The molecule has 0 radical (unpaired) electrons. The minimum Gasteiger partial charge on any atom is -0.484 e. The van der Waals surface area contributed by atoms with Gasteiger partial charge in [0.05, 0.1) is 6.10 Å². The summed E-state index contributed by atoms with van der Waals surface area (Å²) in [6.07, 6.45) is 14.1. The van der Waals surface area contributed by atoms with Crippen molar-refractivity contribution in [3.05, 3.63) is 59.2 Å². The molecule has 2 aromatic carbocycles. The maximum Gasteiger partial charge on any atom is 0.308 e. The molecule has 6 nitrogen and oxygen atoms in total. The predicted octanol–water partition coefficient (Wildman–Crippen LogP) is 6.31. The number of aryl methyl sites for hydroxylation is 1. The molecule has 44 heavy (non-hydrogen) atoms. The van der Waals surface area contributed by atoms with Gasteiger partial charge in [-0.2, -0.15) is 0 Å². The Bertz CT molecular complexity index is 1320. The second-order valence-electron chi connectivity index (χ2n) is 14.5. The fraction of sp³-hybridized carbons (Fsp3) is 0.658. The van der Waals surface area contributed by atoms with Crippen LogP contribution in [-0.4, -0.2) is 71.3 Å². The molecule has 5 aliphatic rings. The topological polar surface area (TPSA) is 62.2 Å². The third kappa shape index (κ3) is 5.60. The number of hydrogen-bond acceptors (Lipinski definition) is 6. The van der Waals surface area contributed by atoms with E-state index in [1.54, 1.807) is 0 Å². The summed E-state index contributed by atoms with van der Waals surface area (Å²) in [5.41, 5.74) is 4.18. The molecule has 1 N–H and O–H groups in total. The van der Waals surface area contributed by atoms with E-state index in [-0.39, 0.29) is 23.6 Å². The van der Waals surface area contributed by atoms with Gasteiger partial charge in [0.2, 0.25) is 0 Å². The van der Waals surface area contributed by atoms with Crippen molar-refractivity contribution >= 4 is 5.97 Å². The van der Waals surface area contributed by atoms with Crippen LogP contribution in [0.5, 0.6) is 11.5 Å². The van der Waals surface area contributed by atoms with Crippen molar-refractivity contribution in [3.63, 3.8) is 0 Å². The molecular weight excluding hydrogens is 548 g/mol. The number of aliphatic hydroxyl groups is 1. The molecule has 0 amide bonds. The Morgan fingerprint density at radius 2 is 1.86 bits per heavy atom. The molecule has 3 fully saturated rings. The van der Waals surface area contributed by atoms with Crippen LogP contribution in [0.4, 0.5) is 0 Å². The molecule has 2 heterocycles. The van der Waals surface area contributed by atoms with Crippen LogP contribution in [0.15, 0.2) is 42.5 Å². The van der Waals surface area contributed by atoms with Crippen molar-refractivity contribution in [1.29, 1.82) is 0 Å². The second-order valence-corrected chi connectivity index (χ2v) is 14.5. The smallest absolute Gasteiger partial charge is 0.308 e. The maximum absolute atomic E-state index is 12.1. The zero-order valence-electron chi connectivity index (χ0n) is 26.9. The van der Waals surface area contributed by atoms with Crippen molar-refractivity contribution in [3.8, 4) is 11.5 Å². The van der Waals surface area contributed by atoms with Gasteiger partial charge in [-0.25, -0.2) is 0 Å². The Morgan fingerprint density at radius 3 is 2.64 bits per heavy atom. The van der Waals surface area contributed by atoms with Crippen LogP contribution in [-0.2, 0) is 23.1 Å². The number of rotatable bonds is 14. The van der Waals surface area contributed by atoms with Crippen LogP contribution < -0.4 is 9.47 Å². The standard InChI is InChI=1S/C38H52N2O4/c1-3-4-20-39(21-11-6-5-8-12-27-13-9-7-10-14-27)31-17-16-30-32-23-28-15-18-34(43-26(2)41)36-35(28)38(30,37(31)44-36)19-22-40(32)25-29-24-33(29)42/h7,9-10,13-15,18,29-33,37,42H,3-6,8,11-12,16-17,19-25H2,1-2H3/t29?,30-,31+,32+,33?,37-,38-/m0/s1. The van der Waals surface area contributed by atoms with Crippen LogP contribution in [0.1, 0.15) is 94.7 Å². The summed E-state index contributed by atoms with van der Waals surface area (Å²) in [7, 11) is 0. The quantitative estimate of drug-likeness (QED) is 0.156. The summed E-state index contributed by atoms with van der Waals surface area (Å²) >= 11 is 0. The zero-order chi connectivity index (χ0) is 30.3. The third-order valence-corrected chi connectivity index (χ3v) is 11.8. The first-order valence-corrected chi connectivity index (χ1v) is 17.7. The van der Waals surface area contributed by atoms with Crippen molar-refractivity contribution in [1.82, 2.24) is 9.80 Å². The number of carbonyl (C=O) groups is 1. The van der Waals surface area contributed by atoms with Gasteiger partial charge in [-0.15, -0.1) is 0 Å². The van der Waals surface area contributed by atoms with E-state index in [1.807, 2.05) is 6.07 Å². The fourth-order valence-electron chi connectivity index (χ4n) is 9.60. The maximum atomic E-state index is 12.1. The van der Waals surface area contributed by atoms with Gasteiger partial charge in [0.1, 0.15) is 6.10 Å². The van der Waals surface area contributed by atoms with E-state index in [2.05, 4.69) is 53.1 Å². The largest absolute Gasteiger partial charge is 0.484 e. The van der Waals surface area contributed by atoms with E-state index in [0.717, 1.165) is 57.6 Å². The first-order valence-electron chi connectivity index (χ1n) is 17.7. The van der Waals surface area contributed by atoms with Crippen molar-refractivity contribution in [2.45, 2.75) is 121 Å².